The SMILES string of the molecule is Cc1nn(-c2ccccc2COc2ccn(-c3ccc(Cl)cc3)n2)c(=O)o1. The number of benzene rings is 2. The van der Waals surface area contributed by atoms with Gasteiger partial charge in [0.25, 0.3) is 0 Å². The van der Waals surface area contributed by atoms with Crippen molar-refractivity contribution in [3.63, 3.8) is 0 Å². The highest BCUT2D eigenvalue weighted by atomic mass is 35.5. The van der Waals surface area contributed by atoms with Crippen molar-refractivity contribution in [1.29, 1.82) is 0 Å². The van der Waals surface area contributed by atoms with Gasteiger partial charge in [0.05, 0.1) is 11.4 Å². The first kappa shape index (κ1) is 17.1. The van der Waals surface area contributed by atoms with Crippen LogP contribution in [0.2, 0.25) is 5.02 Å². The molecule has 0 bridgehead atoms. The van der Waals surface area contributed by atoms with E-state index in [4.69, 9.17) is 20.8 Å². The van der Waals surface area contributed by atoms with E-state index < -0.39 is 5.76 Å². The van der Waals surface area contributed by atoms with Gasteiger partial charge in [0, 0.05) is 29.8 Å². The molecule has 8 heteroatoms. The average Bonchev–Trinajstić information content (AvgIpc) is 3.27. The Morgan fingerprint density at radius 2 is 1.85 bits per heavy atom. The Kier molecular flexibility index (Phi) is 4.52. The Labute approximate surface area is 159 Å². The molecule has 0 aliphatic rings. The highest BCUT2D eigenvalue weighted by molar-refractivity contribution is 6.30. The van der Waals surface area contributed by atoms with E-state index in [1.54, 1.807) is 42.1 Å². The van der Waals surface area contributed by atoms with E-state index in [9.17, 15) is 4.79 Å². The predicted molar refractivity (Wildman–Crippen MR) is 99.7 cm³/mol. The number of aromatic nitrogens is 4. The third-order valence-electron chi connectivity index (χ3n) is 3.90. The first-order valence-corrected chi connectivity index (χ1v) is 8.57. The molecule has 0 N–H and O–H groups in total. The molecule has 0 saturated carbocycles. The van der Waals surface area contributed by atoms with E-state index in [2.05, 4.69) is 10.2 Å². The number of aryl methyl sites for hydroxylation is 1. The topological polar surface area (TPSA) is 75.1 Å². The van der Waals surface area contributed by atoms with Crippen LogP contribution in [-0.2, 0) is 6.61 Å². The molecule has 0 unspecified atom stereocenters. The molecule has 2 aromatic heterocycles. The summed E-state index contributed by atoms with van der Waals surface area (Å²) in [4.78, 5) is 11.9. The largest absolute Gasteiger partial charge is 0.472 e. The second-order valence-corrected chi connectivity index (χ2v) is 6.23. The number of ether oxygens (including phenoxy) is 1. The summed E-state index contributed by atoms with van der Waals surface area (Å²) in [7, 11) is 0. The molecule has 0 fully saturated rings. The summed E-state index contributed by atoms with van der Waals surface area (Å²) in [5.41, 5.74) is 2.27. The van der Waals surface area contributed by atoms with Crippen LogP contribution in [0, 0.1) is 6.92 Å². The summed E-state index contributed by atoms with van der Waals surface area (Å²) in [5.74, 6) is 0.229. The molecule has 2 aromatic carbocycles. The average molecular weight is 383 g/mol. The summed E-state index contributed by atoms with van der Waals surface area (Å²) < 4.78 is 13.7. The van der Waals surface area contributed by atoms with Gasteiger partial charge in [0.2, 0.25) is 11.8 Å². The van der Waals surface area contributed by atoms with Crippen LogP contribution in [0.4, 0.5) is 0 Å². The monoisotopic (exact) mass is 382 g/mol. The van der Waals surface area contributed by atoms with Crippen molar-refractivity contribution in [2.24, 2.45) is 0 Å². The van der Waals surface area contributed by atoms with Crippen LogP contribution in [0.1, 0.15) is 11.5 Å². The number of hydrogen-bond donors (Lipinski definition) is 0. The van der Waals surface area contributed by atoms with Gasteiger partial charge in [-0.2, -0.15) is 4.68 Å². The van der Waals surface area contributed by atoms with Crippen molar-refractivity contribution >= 4 is 11.6 Å². The first-order valence-electron chi connectivity index (χ1n) is 8.19. The van der Waals surface area contributed by atoms with Crippen molar-refractivity contribution in [2.45, 2.75) is 13.5 Å². The molecule has 4 aromatic rings. The minimum absolute atomic E-state index is 0.228. The Hall–Kier alpha value is -3.32. The number of hydrogen-bond acceptors (Lipinski definition) is 5. The molecule has 0 radical (unpaired) electrons. The first-order chi connectivity index (χ1) is 13.1. The molecular formula is C19H15ClN4O3. The smallest absolute Gasteiger partial charge is 0.441 e. The Morgan fingerprint density at radius 3 is 2.59 bits per heavy atom. The Morgan fingerprint density at radius 1 is 1.07 bits per heavy atom. The zero-order valence-corrected chi connectivity index (χ0v) is 15.1. The van der Waals surface area contributed by atoms with Gasteiger partial charge in [-0.05, 0) is 30.3 Å². The van der Waals surface area contributed by atoms with Crippen molar-refractivity contribution in [3.05, 3.63) is 87.8 Å². The Bertz CT molecular complexity index is 1130. The minimum Gasteiger partial charge on any atom is -0.472 e. The third kappa shape index (κ3) is 3.63. The molecule has 0 aliphatic heterocycles. The molecule has 7 nitrogen and oxygen atoms in total. The molecular weight excluding hydrogens is 368 g/mol. The normalized spacial score (nSPS) is 10.9. The highest BCUT2D eigenvalue weighted by Gasteiger charge is 2.12. The van der Waals surface area contributed by atoms with E-state index in [0.717, 1.165) is 11.3 Å². The molecule has 0 saturated heterocycles. The molecule has 0 atom stereocenters. The number of rotatable bonds is 5. The van der Waals surface area contributed by atoms with E-state index in [1.807, 2.05) is 30.3 Å². The van der Waals surface area contributed by atoms with Crippen LogP contribution in [0.3, 0.4) is 0 Å². The summed E-state index contributed by atoms with van der Waals surface area (Å²) in [6, 6.07) is 16.4. The number of nitrogens with zero attached hydrogens (tertiary/aromatic N) is 4. The van der Waals surface area contributed by atoms with Gasteiger partial charge in [-0.25, -0.2) is 9.48 Å². The zero-order valence-electron chi connectivity index (χ0n) is 14.4. The molecule has 27 heavy (non-hydrogen) atoms. The number of para-hydroxylation sites is 1. The lowest BCUT2D eigenvalue weighted by atomic mass is 10.2. The van der Waals surface area contributed by atoms with Crippen molar-refractivity contribution in [3.8, 4) is 17.3 Å². The molecule has 0 amide bonds. The van der Waals surface area contributed by atoms with Gasteiger partial charge in [0.15, 0.2) is 0 Å². The van der Waals surface area contributed by atoms with E-state index in [-0.39, 0.29) is 6.61 Å². The van der Waals surface area contributed by atoms with E-state index in [0.29, 0.717) is 22.5 Å². The van der Waals surface area contributed by atoms with Crippen molar-refractivity contribution in [2.75, 3.05) is 0 Å². The summed E-state index contributed by atoms with van der Waals surface area (Å²) in [6.07, 6.45) is 1.80. The maximum absolute atomic E-state index is 11.9. The molecule has 0 spiro atoms. The molecule has 2 heterocycles. The minimum atomic E-state index is -0.535. The maximum Gasteiger partial charge on any atom is 0.441 e. The van der Waals surface area contributed by atoms with E-state index in [1.165, 1.54) is 4.68 Å². The highest BCUT2D eigenvalue weighted by Crippen LogP contribution is 2.18. The maximum atomic E-state index is 11.9. The third-order valence-corrected chi connectivity index (χ3v) is 4.15. The van der Waals surface area contributed by atoms with Gasteiger partial charge < -0.3 is 9.15 Å². The Balaban J connectivity index is 1.54. The van der Waals surface area contributed by atoms with Crippen LogP contribution in [0.15, 0.2) is 70.0 Å². The second kappa shape index (κ2) is 7.13. The van der Waals surface area contributed by atoms with Crippen LogP contribution in [0.5, 0.6) is 5.88 Å². The fourth-order valence-corrected chi connectivity index (χ4v) is 2.76. The van der Waals surface area contributed by atoms with Crippen LogP contribution in [0.25, 0.3) is 11.4 Å². The fourth-order valence-electron chi connectivity index (χ4n) is 2.64. The van der Waals surface area contributed by atoms with Gasteiger partial charge in [-0.1, -0.05) is 29.8 Å². The van der Waals surface area contributed by atoms with Gasteiger partial charge >= 0.3 is 5.76 Å². The molecule has 4 rings (SSSR count). The van der Waals surface area contributed by atoms with Gasteiger partial charge in [0.1, 0.15) is 6.61 Å². The summed E-state index contributed by atoms with van der Waals surface area (Å²) in [6.45, 7) is 1.85. The van der Waals surface area contributed by atoms with Crippen LogP contribution < -0.4 is 10.5 Å². The quantitative estimate of drug-likeness (QED) is 0.527. The molecule has 0 aliphatic carbocycles. The lowest BCUT2D eigenvalue weighted by molar-refractivity contribution is 0.291. The van der Waals surface area contributed by atoms with Gasteiger partial charge in [-0.15, -0.1) is 10.2 Å². The lowest BCUT2D eigenvalue weighted by Gasteiger charge is -2.08. The standard InChI is InChI=1S/C19H15ClN4O3/c1-13-21-24(19(25)27-13)17-5-3-2-4-14(17)12-26-18-10-11-23(22-18)16-8-6-15(20)7-9-16/h2-11H,12H2,1H3. The molecule has 136 valence electrons. The summed E-state index contributed by atoms with van der Waals surface area (Å²) in [5, 5.41) is 9.16. The fraction of sp³-hybridized carbons (Fsp3) is 0.105. The second-order valence-electron chi connectivity index (χ2n) is 5.79. The van der Waals surface area contributed by atoms with Crippen LogP contribution >= 0.6 is 11.6 Å². The lowest BCUT2D eigenvalue weighted by Crippen LogP contribution is -2.16. The van der Waals surface area contributed by atoms with E-state index >= 15 is 0 Å². The summed E-state index contributed by atoms with van der Waals surface area (Å²) >= 11 is 5.91. The van der Waals surface area contributed by atoms with Crippen molar-refractivity contribution in [1.82, 2.24) is 19.6 Å². The van der Waals surface area contributed by atoms with Crippen molar-refractivity contribution < 1.29 is 9.15 Å². The number of halogens is 1. The van der Waals surface area contributed by atoms with Crippen LogP contribution in [-0.4, -0.2) is 19.6 Å². The predicted octanol–water partition coefficient (Wildman–Crippen LogP) is 3.55. The van der Waals surface area contributed by atoms with Gasteiger partial charge in [-0.3, -0.25) is 0 Å². The zero-order chi connectivity index (χ0) is 18.8.